The van der Waals surface area contributed by atoms with Gasteiger partial charge in [0.2, 0.25) is 5.91 Å². The number of unbranched alkanes of at least 4 members (excludes halogenated alkanes) is 1. The van der Waals surface area contributed by atoms with E-state index in [1.807, 2.05) is 0 Å². The minimum atomic E-state index is 0.136. The minimum Gasteiger partial charge on any atom is -0.355 e. The molecular formula is C12H24N2O. The Labute approximate surface area is 93.0 Å². The van der Waals surface area contributed by atoms with Crippen LogP contribution in [-0.2, 0) is 4.79 Å². The van der Waals surface area contributed by atoms with Crippen molar-refractivity contribution in [2.75, 3.05) is 19.6 Å². The quantitative estimate of drug-likeness (QED) is 0.601. The van der Waals surface area contributed by atoms with Crippen molar-refractivity contribution in [2.45, 2.75) is 45.4 Å². The van der Waals surface area contributed by atoms with E-state index in [0.717, 1.165) is 31.8 Å². The Hall–Kier alpha value is -0.570. The highest BCUT2D eigenvalue weighted by molar-refractivity contribution is 5.77. The molecule has 0 heterocycles. The third kappa shape index (κ3) is 5.78. The molecule has 1 rings (SSSR count). The van der Waals surface area contributed by atoms with Crippen LogP contribution in [0.5, 0.6) is 0 Å². The summed E-state index contributed by atoms with van der Waals surface area (Å²) in [5.74, 6) is 1.07. The molecule has 0 aliphatic heterocycles. The first-order valence-electron chi connectivity index (χ1n) is 6.30. The molecule has 1 fully saturated rings. The van der Waals surface area contributed by atoms with Gasteiger partial charge in [-0.15, -0.1) is 0 Å². The van der Waals surface area contributed by atoms with Crippen molar-refractivity contribution < 1.29 is 4.79 Å². The van der Waals surface area contributed by atoms with E-state index in [1.54, 1.807) is 0 Å². The van der Waals surface area contributed by atoms with Crippen molar-refractivity contribution in [3.8, 4) is 0 Å². The SMILES string of the molecule is CCCCNC(=O)CNCCC1CCC1. The Morgan fingerprint density at radius 1 is 1.33 bits per heavy atom. The van der Waals surface area contributed by atoms with Crippen molar-refractivity contribution in [2.24, 2.45) is 5.92 Å². The first kappa shape index (κ1) is 12.5. The molecular weight excluding hydrogens is 188 g/mol. The van der Waals surface area contributed by atoms with Gasteiger partial charge in [-0.05, 0) is 25.3 Å². The van der Waals surface area contributed by atoms with Crippen LogP contribution in [0.4, 0.5) is 0 Å². The molecule has 0 aromatic heterocycles. The molecule has 0 bridgehead atoms. The molecule has 1 aliphatic carbocycles. The summed E-state index contributed by atoms with van der Waals surface area (Å²) in [6.45, 7) is 4.42. The monoisotopic (exact) mass is 212 g/mol. The lowest BCUT2D eigenvalue weighted by Gasteiger charge is -2.25. The van der Waals surface area contributed by atoms with Gasteiger partial charge in [0.05, 0.1) is 6.54 Å². The van der Waals surface area contributed by atoms with Gasteiger partial charge in [-0.3, -0.25) is 4.79 Å². The fraction of sp³-hybridized carbons (Fsp3) is 0.917. The zero-order valence-electron chi connectivity index (χ0n) is 9.85. The maximum absolute atomic E-state index is 11.3. The highest BCUT2D eigenvalue weighted by Crippen LogP contribution is 2.28. The average Bonchev–Trinajstić information content (AvgIpc) is 2.15. The zero-order valence-corrected chi connectivity index (χ0v) is 9.85. The molecule has 0 unspecified atom stereocenters. The van der Waals surface area contributed by atoms with Gasteiger partial charge in [-0.1, -0.05) is 32.6 Å². The van der Waals surface area contributed by atoms with Crippen molar-refractivity contribution in [3.05, 3.63) is 0 Å². The van der Waals surface area contributed by atoms with Gasteiger partial charge in [-0.2, -0.15) is 0 Å². The lowest BCUT2D eigenvalue weighted by Crippen LogP contribution is -2.35. The topological polar surface area (TPSA) is 41.1 Å². The maximum Gasteiger partial charge on any atom is 0.233 e. The van der Waals surface area contributed by atoms with E-state index in [9.17, 15) is 4.79 Å². The predicted molar refractivity (Wildman–Crippen MR) is 62.7 cm³/mol. The highest BCUT2D eigenvalue weighted by Gasteiger charge is 2.16. The third-order valence-corrected chi connectivity index (χ3v) is 3.09. The molecule has 3 heteroatoms. The van der Waals surface area contributed by atoms with Crippen LogP contribution in [0.3, 0.4) is 0 Å². The zero-order chi connectivity index (χ0) is 10.9. The van der Waals surface area contributed by atoms with Gasteiger partial charge in [0.15, 0.2) is 0 Å². The minimum absolute atomic E-state index is 0.136. The Kier molecular flexibility index (Phi) is 6.41. The second-order valence-electron chi connectivity index (χ2n) is 4.47. The molecule has 1 amide bonds. The highest BCUT2D eigenvalue weighted by atomic mass is 16.1. The van der Waals surface area contributed by atoms with Gasteiger partial charge in [0.1, 0.15) is 0 Å². The van der Waals surface area contributed by atoms with Gasteiger partial charge in [-0.25, -0.2) is 0 Å². The summed E-state index contributed by atoms with van der Waals surface area (Å²) in [5, 5.41) is 6.10. The predicted octanol–water partition coefficient (Wildman–Crippen LogP) is 1.68. The van der Waals surface area contributed by atoms with E-state index in [-0.39, 0.29) is 5.91 Å². The summed E-state index contributed by atoms with van der Waals surface area (Å²) in [6.07, 6.45) is 7.64. The average molecular weight is 212 g/mol. The summed E-state index contributed by atoms with van der Waals surface area (Å²) in [5.41, 5.74) is 0. The molecule has 3 nitrogen and oxygen atoms in total. The molecule has 0 radical (unpaired) electrons. The van der Waals surface area contributed by atoms with Crippen LogP contribution < -0.4 is 10.6 Å². The Balaban J connectivity index is 1.83. The van der Waals surface area contributed by atoms with Crippen molar-refractivity contribution in [1.29, 1.82) is 0 Å². The number of nitrogens with one attached hydrogen (secondary N) is 2. The standard InChI is InChI=1S/C12H24N2O/c1-2-3-8-14-12(15)10-13-9-7-11-5-4-6-11/h11,13H,2-10H2,1H3,(H,14,15). The summed E-state index contributed by atoms with van der Waals surface area (Å²) in [6, 6.07) is 0. The van der Waals surface area contributed by atoms with E-state index >= 15 is 0 Å². The molecule has 88 valence electrons. The Morgan fingerprint density at radius 3 is 2.73 bits per heavy atom. The fourth-order valence-corrected chi connectivity index (χ4v) is 1.76. The van der Waals surface area contributed by atoms with Gasteiger partial charge in [0, 0.05) is 6.54 Å². The third-order valence-electron chi connectivity index (χ3n) is 3.09. The van der Waals surface area contributed by atoms with Crippen LogP contribution in [-0.4, -0.2) is 25.5 Å². The fourth-order valence-electron chi connectivity index (χ4n) is 1.76. The first-order valence-corrected chi connectivity index (χ1v) is 6.30. The van der Waals surface area contributed by atoms with Gasteiger partial charge in [0.25, 0.3) is 0 Å². The molecule has 0 aromatic rings. The molecule has 0 saturated heterocycles. The normalized spacial score (nSPS) is 16.1. The number of carbonyl (C=O) groups excluding carboxylic acids is 1. The van der Waals surface area contributed by atoms with Gasteiger partial charge < -0.3 is 10.6 Å². The van der Waals surface area contributed by atoms with Crippen molar-refractivity contribution in [1.82, 2.24) is 10.6 Å². The van der Waals surface area contributed by atoms with Gasteiger partial charge >= 0.3 is 0 Å². The molecule has 1 saturated carbocycles. The summed E-state index contributed by atoms with van der Waals surface area (Å²) >= 11 is 0. The van der Waals surface area contributed by atoms with Crippen molar-refractivity contribution >= 4 is 5.91 Å². The second kappa shape index (κ2) is 7.69. The molecule has 2 N–H and O–H groups in total. The number of amides is 1. The summed E-state index contributed by atoms with van der Waals surface area (Å²) < 4.78 is 0. The largest absolute Gasteiger partial charge is 0.355 e. The Bertz CT molecular complexity index is 178. The van der Waals surface area contributed by atoms with Crippen LogP contribution in [0.15, 0.2) is 0 Å². The first-order chi connectivity index (χ1) is 7.33. The summed E-state index contributed by atoms with van der Waals surface area (Å²) in [7, 11) is 0. The smallest absolute Gasteiger partial charge is 0.233 e. The molecule has 0 atom stereocenters. The van der Waals surface area contributed by atoms with Crippen LogP contribution in [0.2, 0.25) is 0 Å². The maximum atomic E-state index is 11.3. The molecule has 0 spiro atoms. The Morgan fingerprint density at radius 2 is 2.13 bits per heavy atom. The van der Waals surface area contributed by atoms with E-state index in [1.165, 1.54) is 25.7 Å². The lowest BCUT2D eigenvalue weighted by atomic mass is 9.83. The molecule has 0 aromatic carbocycles. The van der Waals surface area contributed by atoms with Crippen molar-refractivity contribution in [3.63, 3.8) is 0 Å². The van der Waals surface area contributed by atoms with Crippen LogP contribution in [0, 0.1) is 5.92 Å². The molecule has 1 aliphatic rings. The lowest BCUT2D eigenvalue weighted by molar-refractivity contribution is -0.120. The number of hydrogen-bond donors (Lipinski definition) is 2. The summed E-state index contributed by atoms with van der Waals surface area (Å²) in [4.78, 5) is 11.3. The van der Waals surface area contributed by atoms with E-state index in [2.05, 4.69) is 17.6 Å². The van der Waals surface area contributed by atoms with Crippen LogP contribution >= 0.6 is 0 Å². The number of carbonyl (C=O) groups is 1. The van der Waals surface area contributed by atoms with Crippen LogP contribution in [0.1, 0.15) is 45.4 Å². The van der Waals surface area contributed by atoms with Crippen LogP contribution in [0.25, 0.3) is 0 Å². The second-order valence-corrected chi connectivity index (χ2v) is 4.47. The van der Waals surface area contributed by atoms with E-state index in [4.69, 9.17) is 0 Å². The van der Waals surface area contributed by atoms with E-state index in [0.29, 0.717) is 6.54 Å². The number of hydrogen-bond acceptors (Lipinski definition) is 2. The molecule has 15 heavy (non-hydrogen) atoms. The van der Waals surface area contributed by atoms with E-state index < -0.39 is 0 Å². The number of rotatable bonds is 8.